The van der Waals surface area contributed by atoms with Gasteiger partial charge in [0.25, 0.3) is 0 Å². The van der Waals surface area contributed by atoms with Crippen molar-refractivity contribution in [2.45, 2.75) is 24.9 Å². The van der Waals surface area contributed by atoms with Gasteiger partial charge in [-0.25, -0.2) is 0 Å². The Balaban J connectivity index is 0.00000243. The van der Waals surface area contributed by atoms with E-state index in [9.17, 15) is 4.79 Å². The van der Waals surface area contributed by atoms with Crippen LogP contribution in [0.4, 0.5) is 0 Å². The third kappa shape index (κ3) is 4.75. The maximum atomic E-state index is 12.3. The number of rotatable bonds is 5. The molecule has 3 rings (SSSR count). The molecule has 1 aliphatic rings. The van der Waals surface area contributed by atoms with Crippen LogP contribution < -0.4 is 15.8 Å². The van der Waals surface area contributed by atoms with Crippen LogP contribution in [-0.4, -0.2) is 31.8 Å². The van der Waals surface area contributed by atoms with E-state index in [0.29, 0.717) is 32.6 Å². The number of methoxy groups -OCH3 is 1. The van der Waals surface area contributed by atoms with Crippen molar-refractivity contribution in [2.75, 3.05) is 20.3 Å². The largest absolute Gasteiger partial charge is 0.497 e. The lowest BCUT2D eigenvalue weighted by Crippen LogP contribution is -2.56. The van der Waals surface area contributed by atoms with Gasteiger partial charge in [-0.05, 0) is 41.7 Å². The van der Waals surface area contributed by atoms with Gasteiger partial charge in [0.15, 0.2) is 0 Å². The molecule has 0 unspecified atom stereocenters. The van der Waals surface area contributed by atoms with Crippen LogP contribution in [0.15, 0.2) is 48.5 Å². The predicted molar refractivity (Wildman–Crippen MR) is 104 cm³/mol. The lowest BCUT2D eigenvalue weighted by atomic mass is 9.90. The van der Waals surface area contributed by atoms with Crippen LogP contribution in [0.25, 0.3) is 11.1 Å². The molecular formula is C20H25ClN2O3. The molecule has 1 fully saturated rings. The van der Waals surface area contributed by atoms with Gasteiger partial charge in [0.2, 0.25) is 5.91 Å². The molecule has 0 atom stereocenters. The molecule has 2 aromatic carbocycles. The molecule has 0 saturated carbocycles. The Labute approximate surface area is 160 Å². The summed E-state index contributed by atoms with van der Waals surface area (Å²) in [4.78, 5) is 12.3. The van der Waals surface area contributed by atoms with Crippen LogP contribution in [0, 0.1) is 0 Å². The van der Waals surface area contributed by atoms with Gasteiger partial charge in [-0.1, -0.05) is 36.4 Å². The lowest BCUT2D eigenvalue weighted by Gasteiger charge is -2.31. The van der Waals surface area contributed by atoms with Crippen LogP contribution in [0.1, 0.15) is 18.4 Å². The van der Waals surface area contributed by atoms with Gasteiger partial charge in [-0.15, -0.1) is 12.4 Å². The van der Waals surface area contributed by atoms with Crippen LogP contribution >= 0.6 is 12.4 Å². The Morgan fingerprint density at radius 2 is 1.85 bits per heavy atom. The zero-order chi connectivity index (χ0) is 17.7. The SMILES string of the molecule is COc1cccc(-c2ccc(CNC(=O)C3(N)CCOCC3)cc2)c1.Cl. The first-order chi connectivity index (χ1) is 12.1. The van der Waals surface area contributed by atoms with E-state index < -0.39 is 5.54 Å². The smallest absolute Gasteiger partial charge is 0.240 e. The Morgan fingerprint density at radius 1 is 1.15 bits per heavy atom. The molecule has 0 radical (unpaired) electrons. The predicted octanol–water partition coefficient (Wildman–Crippen LogP) is 2.91. The highest BCUT2D eigenvalue weighted by molar-refractivity contribution is 5.86. The summed E-state index contributed by atoms with van der Waals surface area (Å²) >= 11 is 0. The summed E-state index contributed by atoms with van der Waals surface area (Å²) in [7, 11) is 1.66. The summed E-state index contributed by atoms with van der Waals surface area (Å²) in [6.07, 6.45) is 1.13. The number of amides is 1. The summed E-state index contributed by atoms with van der Waals surface area (Å²) in [6.45, 7) is 1.55. The van der Waals surface area contributed by atoms with Crippen LogP contribution in [0.5, 0.6) is 5.75 Å². The second kappa shape index (κ2) is 9.03. The molecule has 3 N–H and O–H groups in total. The Kier molecular flexibility index (Phi) is 7.03. The van der Waals surface area contributed by atoms with Gasteiger partial charge >= 0.3 is 0 Å². The first kappa shape index (κ1) is 20.2. The van der Waals surface area contributed by atoms with Crippen molar-refractivity contribution in [1.82, 2.24) is 5.32 Å². The quantitative estimate of drug-likeness (QED) is 0.841. The van der Waals surface area contributed by atoms with Gasteiger partial charge in [0.05, 0.1) is 12.6 Å². The molecule has 0 aromatic heterocycles. The molecule has 5 nitrogen and oxygen atoms in total. The molecule has 26 heavy (non-hydrogen) atoms. The lowest BCUT2D eigenvalue weighted by molar-refractivity contribution is -0.129. The van der Waals surface area contributed by atoms with E-state index in [4.69, 9.17) is 15.2 Å². The van der Waals surface area contributed by atoms with Crippen LogP contribution in [0.3, 0.4) is 0 Å². The zero-order valence-electron chi connectivity index (χ0n) is 14.9. The fourth-order valence-electron chi connectivity index (χ4n) is 2.94. The molecule has 2 aromatic rings. The first-order valence-corrected chi connectivity index (χ1v) is 8.49. The molecule has 1 saturated heterocycles. The average Bonchev–Trinajstić information content (AvgIpc) is 2.67. The highest BCUT2D eigenvalue weighted by Gasteiger charge is 2.35. The fourth-order valence-corrected chi connectivity index (χ4v) is 2.94. The maximum Gasteiger partial charge on any atom is 0.240 e. The summed E-state index contributed by atoms with van der Waals surface area (Å²) in [5.74, 6) is 0.728. The molecule has 1 amide bonds. The highest BCUT2D eigenvalue weighted by atomic mass is 35.5. The first-order valence-electron chi connectivity index (χ1n) is 8.49. The molecular weight excluding hydrogens is 352 g/mol. The third-order valence-corrected chi connectivity index (χ3v) is 4.65. The summed E-state index contributed by atoms with van der Waals surface area (Å²) in [5.41, 5.74) is 8.62. The second-order valence-corrected chi connectivity index (χ2v) is 6.38. The molecule has 6 heteroatoms. The van der Waals surface area contributed by atoms with Crippen molar-refractivity contribution >= 4 is 18.3 Å². The van der Waals surface area contributed by atoms with Crippen molar-refractivity contribution < 1.29 is 14.3 Å². The minimum absolute atomic E-state index is 0. The van der Waals surface area contributed by atoms with Crippen molar-refractivity contribution in [3.8, 4) is 16.9 Å². The standard InChI is InChI=1S/C20H24N2O3.ClH/c1-24-18-4-2-3-17(13-18)16-7-5-15(6-8-16)14-22-19(23)20(21)9-11-25-12-10-20;/h2-8,13H,9-12,14,21H2,1H3,(H,22,23);1H. The van der Waals surface area contributed by atoms with Crippen molar-refractivity contribution in [3.63, 3.8) is 0 Å². The second-order valence-electron chi connectivity index (χ2n) is 6.38. The average molecular weight is 377 g/mol. The summed E-state index contributed by atoms with van der Waals surface area (Å²) < 4.78 is 10.5. The van der Waals surface area contributed by atoms with E-state index in [-0.39, 0.29) is 18.3 Å². The van der Waals surface area contributed by atoms with Gasteiger partial charge < -0.3 is 20.5 Å². The normalized spacial score (nSPS) is 15.6. The summed E-state index contributed by atoms with van der Waals surface area (Å²) in [6, 6.07) is 16.1. The number of halogens is 1. The number of nitrogens with two attached hydrogens (primary N) is 1. The van der Waals surface area contributed by atoms with E-state index in [1.165, 1.54) is 0 Å². The van der Waals surface area contributed by atoms with Gasteiger partial charge in [-0.2, -0.15) is 0 Å². The zero-order valence-corrected chi connectivity index (χ0v) is 15.7. The number of ether oxygens (including phenoxy) is 2. The van der Waals surface area contributed by atoms with Crippen LogP contribution in [-0.2, 0) is 16.1 Å². The topological polar surface area (TPSA) is 73.6 Å². The van der Waals surface area contributed by atoms with Crippen molar-refractivity contribution in [1.29, 1.82) is 0 Å². The number of carbonyl (C=O) groups is 1. The van der Waals surface area contributed by atoms with Crippen LogP contribution in [0.2, 0.25) is 0 Å². The summed E-state index contributed by atoms with van der Waals surface area (Å²) in [5, 5.41) is 2.95. The molecule has 1 heterocycles. The molecule has 0 bridgehead atoms. The van der Waals surface area contributed by atoms with Crippen molar-refractivity contribution in [3.05, 3.63) is 54.1 Å². The number of hydrogen-bond acceptors (Lipinski definition) is 4. The van der Waals surface area contributed by atoms with E-state index in [0.717, 1.165) is 22.4 Å². The van der Waals surface area contributed by atoms with Crippen molar-refractivity contribution in [2.24, 2.45) is 5.73 Å². The van der Waals surface area contributed by atoms with E-state index in [1.807, 2.05) is 48.5 Å². The molecule has 140 valence electrons. The number of nitrogens with one attached hydrogen (secondary N) is 1. The van der Waals surface area contributed by atoms with Gasteiger partial charge in [0.1, 0.15) is 5.75 Å². The number of benzene rings is 2. The fraction of sp³-hybridized carbons (Fsp3) is 0.350. The minimum Gasteiger partial charge on any atom is -0.497 e. The van der Waals surface area contributed by atoms with E-state index in [1.54, 1.807) is 7.11 Å². The Hall–Kier alpha value is -2.08. The molecule has 1 aliphatic heterocycles. The molecule has 0 spiro atoms. The Bertz CT molecular complexity index is 728. The Morgan fingerprint density at radius 3 is 2.50 bits per heavy atom. The number of hydrogen-bond donors (Lipinski definition) is 2. The maximum absolute atomic E-state index is 12.3. The minimum atomic E-state index is -0.807. The van der Waals surface area contributed by atoms with E-state index >= 15 is 0 Å². The highest BCUT2D eigenvalue weighted by Crippen LogP contribution is 2.24. The monoisotopic (exact) mass is 376 g/mol. The van der Waals surface area contributed by atoms with E-state index in [2.05, 4.69) is 5.32 Å². The van der Waals surface area contributed by atoms with Gasteiger partial charge in [0, 0.05) is 19.8 Å². The number of carbonyl (C=O) groups excluding carboxylic acids is 1. The molecule has 0 aliphatic carbocycles. The third-order valence-electron chi connectivity index (χ3n) is 4.65. The van der Waals surface area contributed by atoms with Gasteiger partial charge in [-0.3, -0.25) is 4.79 Å².